The van der Waals surface area contributed by atoms with E-state index >= 15 is 0 Å². The van der Waals surface area contributed by atoms with E-state index in [1.807, 2.05) is 50.9 Å². The van der Waals surface area contributed by atoms with Crippen LogP contribution in [0.3, 0.4) is 0 Å². The van der Waals surface area contributed by atoms with Crippen LogP contribution in [0.5, 0.6) is 5.75 Å². The van der Waals surface area contributed by atoms with Crippen molar-refractivity contribution in [1.82, 2.24) is 15.2 Å². The van der Waals surface area contributed by atoms with Crippen molar-refractivity contribution in [3.63, 3.8) is 0 Å². The molecular formula is C26H31N3O3. The van der Waals surface area contributed by atoms with E-state index in [0.29, 0.717) is 19.4 Å². The lowest BCUT2D eigenvalue weighted by molar-refractivity contribution is -0.154. The molecule has 3 aliphatic rings. The first kappa shape index (κ1) is 20.9. The Morgan fingerprint density at radius 2 is 2.09 bits per heavy atom. The molecule has 2 saturated heterocycles. The fourth-order valence-corrected chi connectivity index (χ4v) is 5.30. The van der Waals surface area contributed by atoms with Crippen LogP contribution >= 0.6 is 0 Å². The number of allylic oxidation sites excluding steroid dienone is 1. The Hall–Kier alpha value is -3.02. The van der Waals surface area contributed by atoms with Crippen LogP contribution in [0.2, 0.25) is 0 Å². The summed E-state index contributed by atoms with van der Waals surface area (Å²) in [5.41, 5.74) is 3.15. The zero-order valence-corrected chi connectivity index (χ0v) is 19.2. The summed E-state index contributed by atoms with van der Waals surface area (Å²) in [6.45, 7) is 8.77. The predicted molar refractivity (Wildman–Crippen MR) is 125 cm³/mol. The number of benzene rings is 1. The summed E-state index contributed by atoms with van der Waals surface area (Å²) >= 11 is 0. The van der Waals surface area contributed by atoms with Crippen molar-refractivity contribution in [2.24, 2.45) is 0 Å². The number of carbonyl (C=O) groups is 2. The summed E-state index contributed by atoms with van der Waals surface area (Å²) in [4.78, 5) is 31.9. The van der Waals surface area contributed by atoms with Crippen LogP contribution in [0, 0.1) is 0 Å². The Kier molecular flexibility index (Phi) is 4.73. The Morgan fingerprint density at radius 1 is 1.28 bits per heavy atom. The van der Waals surface area contributed by atoms with Gasteiger partial charge in [0, 0.05) is 30.1 Å². The number of nitrogens with one attached hydrogen (secondary N) is 2. The SMILES string of the molecule is CC(C)=CC[C@@]12CCCN1C(=O)[C@H](Cc1c[nH]c3c4c(ccc13)OC(C)(C)C=C4)NC2=O. The molecule has 2 aromatic rings. The van der Waals surface area contributed by atoms with Gasteiger partial charge in [0.1, 0.15) is 22.9 Å². The van der Waals surface area contributed by atoms with Gasteiger partial charge in [-0.25, -0.2) is 0 Å². The van der Waals surface area contributed by atoms with E-state index in [2.05, 4.69) is 28.5 Å². The molecule has 6 nitrogen and oxygen atoms in total. The molecule has 0 spiro atoms. The van der Waals surface area contributed by atoms with Gasteiger partial charge >= 0.3 is 0 Å². The highest BCUT2D eigenvalue weighted by molar-refractivity contribution is 6.01. The van der Waals surface area contributed by atoms with E-state index < -0.39 is 11.6 Å². The fourth-order valence-electron chi connectivity index (χ4n) is 5.30. The third-order valence-electron chi connectivity index (χ3n) is 7.02. The number of nitrogens with zero attached hydrogens (tertiary/aromatic N) is 1. The summed E-state index contributed by atoms with van der Waals surface area (Å²) in [6, 6.07) is 3.49. The van der Waals surface area contributed by atoms with Gasteiger partial charge in [0.05, 0.1) is 5.52 Å². The molecule has 4 heterocycles. The van der Waals surface area contributed by atoms with Crippen molar-refractivity contribution < 1.29 is 14.3 Å². The van der Waals surface area contributed by atoms with Crippen molar-refractivity contribution in [3.05, 3.63) is 47.2 Å². The largest absolute Gasteiger partial charge is 0.483 e. The smallest absolute Gasteiger partial charge is 0.246 e. The van der Waals surface area contributed by atoms with Gasteiger partial charge in [0.25, 0.3) is 0 Å². The minimum Gasteiger partial charge on any atom is -0.483 e. The molecule has 3 aliphatic heterocycles. The van der Waals surface area contributed by atoms with Crippen molar-refractivity contribution in [3.8, 4) is 5.75 Å². The van der Waals surface area contributed by atoms with Crippen LogP contribution in [0.4, 0.5) is 0 Å². The van der Waals surface area contributed by atoms with E-state index in [1.54, 1.807) is 0 Å². The maximum absolute atomic E-state index is 13.4. The van der Waals surface area contributed by atoms with Gasteiger partial charge in [0.2, 0.25) is 11.8 Å². The van der Waals surface area contributed by atoms with Crippen LogP contribution in [0.1, 0.15) is 58.1 Å². The van der Waals surface area contributed by atoms with Crippen molar-refractivity contribution in [2.45, 2.75) is 70.6 Å². The monoisotopic (exact) mass is 433 g/mol. The number of amides is 2. The molecule has 168 valence electrons. The molecule has 1 aromatic heterocycles. The van der Waals surface area contributed by atoms with Gasteiger partial charge in [-0.1, -0.05) is 11.6 Å². The molecule has 1 aromatic carbocycles. The number of ether oxygens (including phenoxy) is 1. The molecule has 0 bridgehead atoms. The third kappa shape index (κ3) is 3.24. The Morgan fingerprint density at radius 3 is 2.88 bits per heavy atom. The number of aromatic amines is 1. The molecule has 2 atom stereocenters. The number of H-pyrrole nitrogens is 1. The number of fused-ring (bicyclic) bond motifs is 4. The van der Waals surface area contributed by atoms with Gasteiger partial charge in [0.15, 0.2) is 0 Å². The number of hydrogen-bond acceptors (Lipinski definition) is 3. The highest BCUT2D eigenvalue weighted by atomic mass is 16.5. The third-order valence-corrected chi connectivity index (χ3v) is 7.02. The van der Waals surface area contributed by atoms with E-state index in [-0.39, 0.29) is 17.4 Å². The summed E-state index contributed by atoms with van der Waals surface area (Å²) in [5.74, 6) is 0.857. The fraction of sp³-hybridized carbons (Fsp3) is 0.462. The van der Waals surface area contributed by atoms with Crippen LogP contribution in [-0.4, -0.2) is 45.4 Å². The number of aromatic nitrogens is 1. The Bertz CT molecular complexity index is 1170. The molecule has 0 aliphatic carbocycles. The highest BCUT2D eigenvalue weighted by Gasteiger charge is 2.54. The Balaban J connectivity index is 1.43. The van der Waals surface area contributed by atoms with Crippen LogP contribution in [-0.2, 0) is 16.0 Å². The van der Waals surface area contributed by atoms with Crippen molar-refractivity contribution in [2.75, 3.05) is 6.54 Å². The molecule has 5 rings (SSSR count). The zero-order valence-electron chi connectivity index (χ0n) is 19.2. The maximum atomic E-state index is 13.4. The molecule has 6 heteroatoms. The van der Waals surface area contributed by atoms with Gasteiger partial charge in [-0.15, -0.1) is 0 Å². The van der Waals surface area contributed by atoms with E-state index in [4.69, 9.17) is 4.74 Å². The maximum Gasteiger partial charge on any atom is 0.246 e. The number of hydrogen-bond donors (Lipinski definition) is 2. The Labute approximate surface area is 188 Å². The molecule has 2 fully saturated rings. The minimum atomic E-state index is -0.723. The average Bonchev–Trinajstić information content (AvgIpc) is 3.35. The first-order valence-electron chi connectivity index (χ1n) is 11.5. The van der Waals surface area contributed by atoms with Crippen molar-refractivity contribution >= 4 is 28.8 Å². The van der Waals surface area contributed by atoms with Crippen LogP contribution in [0.15, 0.2) is 36.1 Å². The second kappa shape index (κ2) is 7.26. The predicted octanol–water partition coefficient (Wildman–Crippen LogP) is 4.11. The number of carbonyl (C=O) groups excluding carboxylic acids is 2. The molecule has 2 amide bonds. The van der Waals surface area contributed by atoms with Crippen molar-refractivity contribution in [1.29, 1.82) is 0 Å². The average molecular weight is 434 g/mol. The van der Waals surface area contributed by atoms with Crippen LogP contribution < -0.4 is 10.1 Å². The molecular weight excluding hydrogens is 402 g/mol. The second-order valence-electron chi connectivity index (χ2n) is 10.1. The van der Waals surface area contributed by atoms with E-state index in [9.17, 15) is 9.59 Å². The topological polar surface area (TPSA) is 74.4 Å². The first-order chi connectivity index (χ1) is 15.2. The minimum absolute atomic E-state index is 0.0205. The second-order valence-corrected chi connectivity index (χ2v) is 10.1. The highest BCUT2D eigenvalue weighted by Crippen LogP contribution is 2.39. The normalized spacial score (nSPS) is 25.9. The summed E-state index contributed by atoms with van der Waals surface area (Å²) in [5, 5.41) is 4.12. The van der Waals surface area contributed by atoms with E-state index in [0.717, 1.165) is 46.2 Å². The number of rotatable bonds is 4. The quantitative estimate of drug-likeness (QED) is 0.713. The zero-order chi connectivity index (χ0) is 22.7. The van der Waals surface area contributed by atoms with E-state index in [1.165, 1.54) is 0 Å². The van der Waals surface area contributed by atoms with Crippen LogP contribution in [0.25, 0.3) is 17.0 Å². The lowest BCUT2D eigenvalue weighted by Crippen LogP contribution is -2.68. The summed E-state index contributed by atoms with van der Waals surface area (Å²) < 4.78 is 6.09. The van der Waals surface area contributed by atoms with Gasteiger partial charge < -0.3 is 19.9 Å². The molecule has 0 radical (unpaired) electrons. The molecule has 2 N–H and O–H groups in total. The van der Waals surface area contributed by atoms with Gasteiger partial charge in [-0.2, -0.15) is 0 Å². The first-order valence-corrected chi connectivity index (χ1v) is 11.5. The summed E-state index contributed by atoms with van der Waals surface area (Å²) in [6.07, 6.45) is 10.8. The number of piperazine rings is 1. The standard InChI is InChI=1S/C26H31N3O3/c1-16(2)8-12-26-10-5-13-29(26)23(30)20(28-24(26)31)14-17-15-27-22-18(17)6-7-21-19(22)9-11-25(3,4)32-21/h6-9,11,15,20,27H,5,10,12-14H2,1-4H3,(H,28,31)/t20-,26+/m0/s1. The van der Waals surface area contributed by atoms with Gasteiger partial charge in [-0.05, 0) is 76.8 Å². The van der Waals surface area contributed by atoms with Gasteiger partial charge in [-0.3, -0.25) is 9.59 Å². The lowest BCUT2D eigenvalue weighted by atomic mass is 9.86. The summed E-state index contributed by atoms with van der Waals surface area (Å²) in [7, 11) is 0. The lowest BCUT2D eigenvalue weighted by Gasteiger charge is -2.43. The molecule has 0 unspecified atom stereocenters. The molecule has 0 saturated carbocycles. The molecule has 32 heavy (non-hydrogen) atoms.